The summed E-state index contributed by atoms with van der Waals surface area (Å²) in [6.45, 7) is 4.14. The number of nitrogens with zero attached hydrogens (tertiary/aromatic N) is 1. The van der Waals surface area contributed by atoms with Crippen molar-refractivity contribution in [3.8, 4) is 11.8 Å². The predicted octanol–water partition coefficient (Wildman–Crippen LogP) is 2.56. The van der Waals surface area contributed by atoms with Gasteiger partial charge < -0.3 is 9.47 Å². The minimum Gasteiger partial charge on any atom is -0.494 e. The molecule has 1 aromatic rings. The Bertz CT molecular complexity index is 327. The highest BCUT2D eigenvalue weighted by molar-refractivity contribution is 5.28. The highest BCUT2D eigenvalue weighted by Crippen LogP contribution is 2.12. The van der Waals surface area contributed by atoms with Crippen molar-refractivity contribution in [2.45, 2.75) is 19.8 Å². The van der Waals surface area contributed by atoms with Gasteiger partial charge in [-0.2, -0.15) is 5.26 Å². The minimum absolute atomic E-state index is 0.449. The van der Waals surface area contributed by atoms with Crippen LogP contribution in [0.5, 0.6) is 5.75 Å². The molecule has 0 aliphatic carbocycles. The molecule has 0 saturated carbocycles. The van der Waals surface area contributed by atoms with E-state index in [4.69, 9.17) is 14.7 Å². The summed E-state index contributed by atoms with van der Waals surface area (Å²) in [6, 6.07) is 9.74. The summed E-state index contributed by atoms with van der Waals surface area (Å²) in [5.41, 5.74) is 1.02. The molecular formula is C13H17NO2. The Balaban J connectivity index is 2.24. The molecule has 0 amide bonds. The van der Waals surface area contributed by atoms with Crippen LogP contribution in [-0.4, -0.2) is 19.8 Å². The summed E-state index contributed by atoms with van der Waals surface area (Å²) in [4.78, 5) is 0. The first-order chi connectivity index (χ1) is 7.86. The normalized spacial score (nSPS) is 9.75. The molecule has 0 fully saturated rings. The van der Waals surface area contributed by atoms with Crippen molar-refractivity contribution in [3.63, 3.8) is 0 Å². The zero-order chi connectivity index (χ0) is 11.6. The van der Waals surface area contributed by atoms with E-state index in [-0.39, 0.29) is 0 Å². The summed E-state index contributed by atoms with van der Waals surface area (Å²) in [7, 11) is 0. The lowest BCUT2D eigenvalue weighted by Crippen LogP contribution is -2.02. The number of rotatable bonds is 7. The van der Waals surface area contributed by atoms with Crippen molar-refractivity contribution < 1.29 is 9.47 Å². The molecule has 0 aromatic heterocycles. The molecule has 3 nitrogen and oxygen atoms in total. The number of ether oxygens (including phenoxy) is 2. The van der Waals surface area contributed by atoms with Crippen LogP contribution < -0.4 is 4.74 Å². The van der Waals surface area contributed by atoms with Crippen molar-refractivity contribution in [1.29, 1.82) is 5.26 Å². The summed E-state index contributed by atoms with van der Waals surface area (Å²) >= 11 is 0. The maximum Gasteiger partial charge on any atom is 0.119 e. The molecule has 86 valence electrons. The molecule has 1 rings (SSSR count). The van der Waals surface area contributed by atoms with Gasteiger partial charge in [0, 0.05) is 19.6 Å². The second-order valence-electron chi connectivity index (χ2n) is 3.38. The van der Waals surface area contributed by atoms with E-state index in [2.05, 4.69) is 6.07 Å². The minimum atomic E-state index is 0.449. The van der Waals surface area contributed by atoms with Gasteiger partial charge in [0.1, 0.15) is 5.75 Å². The van der Waals surface area contributed by atoms with Gasteiger partial charge >= 0.3 is 0 Å². The predicted molar refractivity (Wildman–Crippen MR) is 62.4 cm³/mol. The van der Waals surface area contributed by atoms with Crippen molar-refractivity contribution in [2.24, 2.45) is 0 Å². The number of hydrogen-bond donors (Lipinski definition) is 0. The molecule has 0 spiro atoms. The molecule has 0 saturated heterocycles. The van der Waals surface area contributed by atoms with Gasteiger partial charge in [0.05, 0.1) is 19.1 Å². The van der Waals surface area contributed by atoms with E-state index >= 15 is 0 Å². The Morgan fingerprint density at radius 2 is 1.94 bits per heavy atom. The van der Waals surface area contributed by atoms with Gasteiger partial charge in [-0.25, -0.2) is 0 Å². The number of nitriles is 1. The third-order valence-corrected chi connectivity index (χ3v) is 2.11. The molecule has 1 aromatic carbocycles. The summed E-state index contributed by atoms with van der Waals surface area (Å²) in [6.07, 6.45) is 1.35. The third-order valence-electron chi connectivity index (χ3n) is 2.11. The van der Waals surface area contributed by atoms with E-state index in [0.717, 1.165) is 30.9 Å². The smallest absolute Gasteiger partial charge is 0.119 e. The Hall–Kier alpha value is -1.53. The SMILES string of the molecule is CCOCCCOc1ccc(CC#N)cc1. The second kappa shape index (κ2) is 7.72. The van der Waals surface area contributed by atoms with Gasteiger partial charge in [-0.05, 0) is 24.6 Å². The van der Waals surface area contributed by atoms with E-state index in [9.17, 15) is 0 Å². The van der Waals surface area contributed by atoms with E-state index in [1.165, 1.54) is 0 Å². The van der Waals surface area contributed by atoms with Crippen molar-refractivity contribution in [1.82, 2.24) is 0 Å². The molecule has 0 bridgehead atoms. The molecule has 0 radical (unpaired) electrons. The fourth-order valence-electron chi connectivity index (χ4n) is 1.29. The van der Waals surface area contributed by atoms with Crippen LogP contribution in [0.1, 0.15) is 18.9 Å². The zero-order valence-electron chi connectivity index (χ0n) is 9.61. The maximum absolute atomic E-state index is 8.52. The molecule has 3 heteroatoms. The topological polar surface area (TPSA) is 42.2 Å². The van der Waals surface area contributed by atoms with Crippen LogP contribution in [0.25, 0.3) is 0 Å². The molecule has 16 heavy (non-hydrogen) atoms. The first kappa shape index (κ1) is 12.5. The van der Waals surface area contributed by atoms with Crippen molar-refractivity contribution >= 4 is 0 Å². The summed E-state index contributed by atoms with van der Waals surface area (Å²) in [5.74, 6) is 0.846. The van der Waals surface area contributed by atoms with Crippen LogP contribution in [0.3, 0.4) is 0 Å². The van der Waals surface area contributed by atoms with Gasteiger partial charge in [0.15, 0.2) is 0 Å². The van der Waals surface area contributed by atoms with Crippen LogP contribution in [0.2, 0.25) is 0 Å². The Kier molecular flexibility index (Phi) is 6.05. The van der Waals surface area contributed by atoms with Gasteiger partial charge in [-0.1, -0.05) is 12.1 Å². The van der Waals surface area contributed by atoms with Crippen LogP contribution in [0, 0.1) is 11.3 Å². The van der Waals surface area contributed by atoms with E-state index in [1.807, 2.05) is 31.2 Å². The van der Waals surface area contributed by atoms with Crippen LogP contribution in [-0.2, 0) is 11.2 Å². The number of hydrogen-bond acceptors (Lipinski definition) is 3. The molecular weight excluding hydrogens is 202 g/mol. The lowest BCUT2D eigenvalue weighted by molar-refractivity contribution is 0.131. The van der Waals surface area contributed by atoms with Crippen molar-refractivity contribution in [3.05, 3.63) is 29.8 Å². The van der Waals surface area contributed by atoms with Gasteiger partial charge in [0.25, 0.3) is 0 Å². The summed E-state index contributed by atoms with van der Waals surface area (Å²) < 4.78 is 10.7. The average molecular weight is 219 g/mol. The van der Waals surface area contributed by atoms with E-state index in [1.54, 1.807) is 0 Å². The zero-order valence-corrected chi connectivity index (χ0v) is 9.61. The first-order valence-corrected chi connectivity index (χ1v) is 5.53. The standard InChI is InChI=1S/C13H17NO2/c1-2-15-10-3-11-16-13-6-4-12(5-7-13)8-9-14/h4-7H,2-3,8,10-11H2,1H3. The summed E-state index contributed by atoms with van der Waals surface area (Å²) in [5, 5.41) is 8.52. The molecule has 0 N–H and O–H groups in total. The molecule has 0 heterocycles. The van der Waals surface area contributed by atoms with Gasteiger partial charge in [-0.15, -0.1) is 0 Å². The quantitative estimate of drug-likeness (QED) is 0.662. The van der Waals surface area contributed by atoms with Gasteiger partial charge in [0.2, 0.25) is 0 Å². The van der Waals surface area contributed by atoms with Crippen LogP contribution >= 0.6 is 0 Å². The monoisotopic (exact) mass is 219 g/mol. The fraction of sp³-hybridized carbons (Fsp3) is 0.462. The first-order valence-electron chi connectivity index (χ1n) is 5.53. The van der Waals surface area contributed by atoms with Gasteiger partial charge in [-0.3, -0.25) is 0 Å². The third kappa shape index (κ3) is 4.81. The van der Waals surface area contributed by atoms with Crippen LogP contribution in [0.15, 0.2) is 24.3 Å². The van der Waals surface area contributed by atoms with Crippen molar-refractivity contribution in [2.75, 3.05) is 19.8 Å². The molecule has 0 aliphatic rings. The number of benzene rings is 1. The Morgan fingerprint density at radius 1 is 1.19 bits per heavy atom. The highest BCUT2D eigenvalue weighted by atomic mass is 16.5. The Morgan fingerprint density at radius 3 is 2.56 bits per heavy atom. The molecule has 0 aliphatic heterocycles. The lowest BCUT2D eigenvalue weighted by Gasteiger charge is -2.06. The highest BCUT2D eigenvalue weighted by Gasteiger charge is 1.95. The van der Waals surface area contributed by atoms with Crippen LogP contribution in [0.4, 0.5) is 0 Å². The molecule has 0 unspecified atom stereocenters. The Labute approximate surface area is 96.6 Å². The van der Waals surface area contributed by atoms with E-state index < -0.39 is 0 Å². The second-order valence-corrected chi connectivity index (χ2v) is 3.38. The molecule has 0 atom stereocenters. The largest absolute Gasteiger partial charge is 0.494 e. The average Bonchev–Trinajstić information content (AvgIpc) is 2.31. The lowest BCUT2D eigenvalue weighted by atomic mass is 10.2. The van der Waals surface area contributed by atoms with E-state index in [0.29, 0.717) is 13.0 Å². The fourth-order valence-corrected chi connectivity index (χ4v) is 1.29. The maximum atomic E-state index is 8.52.